The van der Waals surface area contributed by atoms with Gasteiger partial charge in [-0.2, -0.15) is 12.6 Å². The molecule has 0 fully saturated rings. The molecule has 1 unspecified atom stereocenters. The number of hydrogen-bond donors (Lipinski definition) is 1. The molecule has 0 spiro atoms. The normalized spacial score (nSPS) is 13.1. The van der Waals surface area contributed by atoms with E-state index in [2.05, 4.69) is 43.6 Å². The smallest absolute Gasteiger partial charge is 0.0406 e. The molecule has 0 radical (unpaired) electrons. The molecule has 1 aromatic rings. The Hall–Kier alpha value is -0.180. The lowest BCUT2D eigenvalue weighted by molar-refractivity contribution is 0.278. The van der Waals surface area contributed by atoms with Crippen LogP contribution in [0.25, 0.3) is 0 Å². The standard InChI is InChI=1S/C13H20ClNS/c1-3-11(10-16)8-15(2)9-12-4-6-13(14)7-5-12/h4-7,11,16H,3,8-10H2,1-2H3. The second kappa shape index (κ2) is 7.21. The highest BCUT2D eigenvalue weighted by Crippen LogP contribution is 2.13. The van der Waals surface area contributed by atoms with Crippen molar-refractivity contribution in [2.24, 2.45) is 5.92 Å². The van der Waals surface area contributed by atoms with Crippen LogP contribution in [0, 0.1) is 5.92 Å². The fourth-order valence-electron chi connectivity index (χ4n) is 1.72. The molecule has 1 atom stereocenters. The van der Waals surface area contributed by atoms with Gasteiger partial charge in [0.25, 0.3) is 0 Å². The Morgan fingerprint density at radius 3 is 2.44 bits per heavy atom. The molecule has 1 nitrogen and oxygen atoms in total. The third kappa shape index (κ3) is 4.77. The van der Waals surface area contributed by atoms with E-state index in [1.807, 2.05) is 12.1 Å². The van der Waals surface area contributed by atoms with E-state index in [-0.39, 0.29) is 0 Å². The molecule has 90 valence electrons. The highest BCUT2D eigenvalue weighted by Gasteiger charge is 2.08. The van der Waals surface area contributed by atoms with Crippen molar-refractivity contribution in [1.82, 2.24) is 4.90 Å². The predicted octanol–water partition coefficient (Wildman–Crippen LogP) is 3.73. The van der Waals surface area contributed by atoms with E-state index in [1.54, 1.807) is 0 Å². The van der Waals surface area contributed by atoms with Gasteiger partial charge in [0.05, 0.1) is 0 Å². The van der Waals surface area contributed by atoms with Crippen LogP contribution in [0.5, 0.6) is 0 Å². The summed E-state index contributed by atoms with van der Waals surface area (Å²) < 4.78 is 0. The first kappa shape index (κ1) is 13.9. The molecule has 0 amide bonds. The Balaban J connectivity index is 2.44. The average molecular weight is 258 g/mol. The molecule has 0 N–H and O–H groups in total. The molecule has 0 heterocycles. The molecule has 1 rings (SSSR count). The molecule has 0 saturated heterocycles. The minimum Gasteiger partial charge on any atom is -0.302 e. The first-order valence-corrected chi connectivity index (χ1v) is 6.70. The van der Waals surface area contributed by atoms with Gasteiger partial charge < -0.3 is 4.90 Å². The zero-order valence-electron chi connectivity index (χ0n) is 9.99. The van der Waals surface area contributed by atoms with Crippen molar-refractivity contribution in [1.29, 1.82) is 0 Å². The van der Waals surface area contributed by atoms with Gasteiger partial charge in [0.2, 0.25) is 0 Å². The van der Waals surface area contributed by atoms with E-state index in [0.29, 0.717) is 5.92 Å². The SMILES string of the molecule is CCC(CS)CN(C)Cc1ccc(Cl)cc1. The van der Waals surface area contributed by atoms with Crippen LogP contribution in [0.3, 0.4) is 0 Å². The minimum atomic E-state index is 0.681. The van der Waals surface area contributed by atoms with Gasteiger partial charge in [0, 0.05) is 18.1 Å². The summed E-state index contributed by atoms with van der Waals surface area (Å²) in [5.41, 5.74) is 1.31. The molecule has 1 aromatic carbocycles. The third-order valence-corrected chi connectivity index (χ3v) is 3.54. The summed E-state index contributed by atoms with van der Waals surface area (Å²) in [5, 5.41) is 0.799. The van der Waals surface area contributed by atoms with Gasteiger partial charge in [-0.05, 0) is 36.4 Å². The van der Waals surface area contributed by atoms with Gasteiger partial charge in [-0.25, -0.2) is 0 Å². The quantitative estimate of drug-likeness (QED) is 0.760. The van der Waals surface area contributed by atoms with Crippen LogP contribution in [-0.4, -0.2) is 24.2 Å². The Morgan fingerprint density at radius 2 is 1.94 bits per heavy atom. The topological polar surface area (TPSA) is 3.24 Å². The fourth-order valence-corrected chi connectivity index (χ4v) is 2.22. The second-order valence-electron chi connectivity index (χ2n) is 4.28. The number of hydrogen-bond acceptors (Lipinski definition) is 2. The molecular formula is C13H20ClNS. The summed E-state index contributed by atoms with van der Waals surface area (Å²) in [6.07, 6.45) is 1.19. The van der Waals surface area contributed by atoms with E-state index < -0.39 is 0 Å². The molecule has 0 aliphatic heterocycles. The van der Waals surface area contributed by atoms with Crippen LogP contribution in [0.1, 0.15) is 18.9 Å². The Bertz CT molecular complexity index is 295. The lowest BCUT2D eigenvalue weighted by Crippen LogP contribution is -2.25. The van der Waals surface area contributed by atoms with Gasteiger partial charge in [-0.15, -0.1) is 0 Å². The molecule has 0 bridgehead atoms. The van der Waals surface area contributed by atoms with Gasteiger partial charge in [0.15, 0.2) is 0 Å². The molecule has 3 heteroatoms. The minimum absolute atomic E-state index is 0.681. The lowest BCUT2D eigenvalue weighted by Gasteiger charge is -2.22. The summed E-state index contributed by atoms with van der Waals surface area (Å²) in [5.74, 6) is 1.64. The first-order valence-electron chi connectivity index (χ1n) is 5.69. The van der Waals surface area contributed by atoms with Crippen LogP contribution in [0.15, 0.2) is 24.3 Å². The van der Waals surface area contributed by atoms with E-state index in [0.717, 1.165) is 23.9 Å². The maximum Gasteiger partial charge on any atom is 0.0406 e. The Labute approximate surface area is 109 Å². The van der Waals surface area contributed by atoms with E-state index >= 15 is 0 Å². The predicted molar refractivity (Wildman–Crippen MR) is 75.4 cm³/mol. The monoisotopic (exact) mass is 257 g/mol. The van der Waals surface area contributed by atoms with Gasteiger partial charge >= 0.3 is 0 Å². The highest BCUT2D eigenvalue weighted by atomic mass is 35.5. The van der Waals surface area contributed by atoms with E-state index in [9.17, 15) is 0 Å². The maximum absolute atomic E-state index is 5.85. The van der Waals surface area contributed by atoms with E-state index in [1.165, 1.54) is 12.0 Å². The van der Waals surface area contributed by atoms with E-state index in [4.69, 9.17) is 11.6 Å². The molecule has 0 aliphatic rings. The van der Waals surface area contributed by atoms with Crippen molar-refractivity contribution in [3.05, 3.63) is 34.9 Å². The molecular weight excluding hydrogens is 238 g/mol. The van der Waals surface area contributed by atoms with Crippen molar-refractivity contribution < 1.29 is 0 Å². The van der Waals surface area contributed by atoms with Crippen LogP contribution in [0.4, 0.5) is 0 Å². The maximum atomic E-state index is 5.85. The van der Waals surface area contributed by atoms with Crippen molar-refractivity contribution in [2.45, 2.75) is 19.9 Å². The molecule has 16 heavy (non-hydrogen) atoms. The second-order valence-corrected chi connectivity index (χ2v) is 5.08. The summed E-state index contributed by atoms with van der Waals surface area (Å²) in [7, 11) is 2.15. The molecule has 0 saturated carbocycles. The first-order chi connectivity index (χ1) is 7.65. The summed E-state index contributed by atoms with van der Waals surface area (Å²) in [6.45, 7) is 4.29. The summed E-state index contributed by atoms with van der Waals surface area (Å²) in [6, 6.07) is 8.06. The largest absolute Gasteiger partial charge is 0.302 e. The van der Waals surface area contributed by atoms with Crippen LogP contribution in [0.2, 0.25) is 5.02 Å². The molecule has 0 aliphatic carbocycles. The summed E-state index contributed by atoms with van der Waals surface area (Å²) in [4.78, 5) is 2.34. The Morgan fingerprint density at radius 1 is 1.31 bits per heavy atom. The van der Waals surface area contributed by atoms with Gasteiger partial charge in [0.1, 0.15) is 0 Å². The van der Waals surface area contributed by atoms with Crippen LogP contribution >= 0.6 is 24.2 Å². The van der Waals surface area contributed by atoms with Crippen LogP contribution in [-0.2, 0) is 6.54 Å². The number of halogens is 1. The average Bonchev–Trinajstić information content (AvgIpc) is 2.29. The summed E-state index contributed by atoms with van der Waals surface area (Å²) >= 11 is 10.2. The fraction of sp³-hybridized carbons (Fsp3) is 0.538. The number of nitrogens with zero attached hydrogens (tertiary/aromatic N) is 1. The molecule has 0 aromatic heterocycles. The lowest BCUT2D eigenvalue weighted by atomic mass is 10.1. The number of rotatable bonds is 6. The van der Waals surface area contributed by atoms with Crippen molar-refractivity contribution in [2.75, 3.05) is 19.3 Å². The zero-order chi connectivity index (χ0) is 12.0. The van der Waals surface area contributed by atoms with Gasteiger partial charge in [-0.1, -0.05) is 37.1 Å². The number of thiol groups is 1. The Kier molecular flexibility index (Phi) is 6.25. The van der Waals surface area contributed by atoms with Gasteiger partial charge in [-0.3, -0.25) is 0 Å². The number of benzene rings is 1. The van der Waals surface area contributed by atoms with Crippen molar-refractivity contribution in [3.8, 4) is 0 Å². The van der Waals surface area contributed by atoms with Crippen molar-refractivity contribution in [3.63, 3.8) is 0 Å². The highest BCUT2D eigenvalue weighted by molar-refractivity contribution is 7.80. The van der Waals surface area contributed by atoms with Crippen LogP contribution < -0.4 is 0 Å². The third-order valence-electron chi connectivity index (χ3n) is 2.77. The zero-order valence-corrected chi connectivity index (χ0v) is 11.6. The van der Waals surface area contributed by atoms with Crippen molar-refractivity contribution >= 4 is 24.2 Å².